The molecule has 0 spiro atoms. The Bertz CT molecular complexity index is 549. The molecule has 2 heteroatoms. The van der Waals surface area contributed by atoms with Crippen LogP contribution in [-0.2, 0) is 6.54 Å². The van der Waals surface area contributed by atoms with Crippen LogP contribution in [0.4, 0.5) is 4.39 Å². The van der Waals surface area contributed by atoms with Gasteiger partial charge in [0.1, 0.15) is 5.82 Å². The monoisotopic (exact) mass is 269 g/mol. The first-order chi connectivity index (χ1) is 9.74. The van der Waals surface area contributed by atoms with Gasteiger partial charge in [0.25, 0.3) is 0 Å². The van der Waals surface area contributed by atoms with Crippen molar-refractivity contribution in [2.75, 3.05) is 0 Å². The van der Waals surface area contributed by atoms with Crippen LogP contribution < -0.4 is 5.32 Å². The maximum atomic E-state index is 12.9. The van der Waals surface area contributed by atoms with Gasteiger partial charge in [-0.2, -0.15) is 0 Å². The number of hydrogen-bond acceptors (Lipinski definition) is 1. The molecule has 1 fully saturated rings. The number of nitrogens with one attached hydrogen (secondary N) is 1. The van der Waals surface area contributed by atoms with E-state index in [4.69, 9.17) is 0 Å². The molecule has 3 rings (SSSR count). The van der Waals surface area contributed by atoms with Crippen LogP contribution in [0.3, 0.4) is 0 Å². The average molecular weight is 269 g/mol. The zero-order chi connectivity index (χ0) is 13.9. The van der Waals surface area contributed by atoms with Crippen LogP contribution in [0.15, 0.2) is 54.6 Å². The quantitative estimate of drug-likeness (QED) is 0.861. The first kappa shape index (κ1) is 13.3. The number of benzene rings is 2. The second-order valence-corrected chi connectivity index (χ2v) is 5.71. The van der Waals surface area contributed by atoms with Gasteiger partial charge < -0.3 is 5.32 Å². The van der Waals surface area contributed by atoms with E-state index in [0.717, 1.165) is 6.54 Å². The van der Waals surface area contributed by atoms with E-state index >= 15 is 0 Å². The summed E-state index contributed by atoms with van der Waals surface area (Å²) in [7, 11) is 0. The summed E-state index contributed by atoms with van der Waals surface area (Å²) >= 11 is 0. The predicted molar refractivity (Wildman–Crippen MR) is 80.0 cm³/mol. The van der Waals surface area contributed by atoms with Gasteiger partial charge in [0.05, 0.1) is 0 Å². The van der Waals surface area contributed by atoms with Gasteiger partial charge in [-0.15, -0.1) is 0 Å². The van der Waals surface area contributed by atoms with Crippen LogP contribution in [0, 0.1) is 11.7 Å². The van der Waals surface area contributed by atoms with Crippen LogP contribution in [0.25, 0.3) is 0 Å². The Labute approximate surface area is 119 Å². The third-order valence-corrected chi connectivity index (χ3v) is 4.25. The Hall–Kier alpha value is -1.67. The zero-order valence-electron chi connectivity index (χ0n) is 11.7. The van der Waals surface area contributed by atoms with E-state index in [9.17, 15) is 4.39 Å². The lowest BCUT2D eigenvalue weighted by Gasteiger charge is -2.14. The highest BCUT2D eigenvalue weighted by molar-refractivity contribution is 5.27. The molecule has 0 bridgehead atoms. The van der Waals surface area contributed by atoms with Gasteiger partial charge in [0.2, 0.25) is 0 Å². The SMILES string of the molecule is C[C@H](NCc1ccccc1)[C@@H]1C[C@H]1c1ccc(F)cc1. The predicted octanol–water partition coefficient (Wildman–Crippen LogP) is 4.11. The fourth-order valence-electron chi connectivity index (χ4n) is 2.89. The van der Waals surface area contributed by atoms with Gasteiger partial charge >= 0.3 is 0 Å². The van der Waals surface area contributed by atoms with Crippen molar-refractivity contribution in [1.82, 2.24) is 5.32 Å². The van der Waals surface area contributed by atoms with Crippen LogP contribution in [0.1, 0.15) is 30.4 Å². The lowest BCUT2D eigenvalue weighted by Crippen LogP contribution is -2.27. The van der Waals surface area contributed by atoms with Crippen molar-refractivity contribution in [1.29, 1.82) is 0 Å². The van der Waals surface area contributed by atoms with Gasteiger partial charge in [0.15, 0.2) is 0 Å². The molecule has 20 heavy (non-hydrogen) atoms. The molecular formula is C18H20FN. The van der Waals surface area contributed by atoms with Crippen molar-refractivity contribution in [3.05, 3.63) is 71.5 Å². The van der Waals surface area contributed by atoms with Crippen LogP contribution in [0.5, 0.6) is 0 Å². The molecule has 3 atom stereocenters. The Kier molecular flexibility index (Phi) is 3.83. The minimum atomic E-state index is -0.152. The van der Waals surface area contributed by atoms with E-state index in [2.05, 4.69) is 36.5 Å². The van der Waals surface area contributed by atoms with Crippen molar-refractivity contribution in [3.63, 3.8) is 0 Å². The Balaban J connectivity index is 1.52. The summed E-state index contributed by atoms with van der Waals surface area (Å²) in [6.45, 7) is 3.16. The van der Waals surface area contributed by atoms with Gasteiger partial charge in [-0.05, 0) is 48.4 Å². The zero-order valence-corrected chi connectivity index (χ0v) is 11.7. The fourth-order valence-corrected chi connectivity index (χ4v) is 2.89. The maximum Gasteiger partial charge on any atom is 0.123 e. The van der Waals surface area contributed by atoms with Crippen LogP contribution in [-0.4, -0.2) is 6.04 Å². The summed E-state index contributed by atoms with van der Waals surface area (Å²) in [5.41, 5.74) is 2.59. The summed E-state index contributed by atoms with van der Waals surface area (Å²) in [4.78, 5) is 0. The first-order valence-electron chi connectivity index (χ1n) is 7.27. The normalized spacial score (nSPS) is 22.5. The van der Waals surface area contributed by atoms with E-state index < -0.39 is 0 Å². The molecule has 2 aromatic carbocycles. The molecule has 104 valence electrons. The molecule has 0 aromatic heterocycles. The summed E-state index contributed by atoms with van der Waals surface area (Å²) in [6.07, 6.45) is 1.20. The second kappa shape index (κ2) is 5.76. The molecule has 1 nitrogen and oxygen atoms in total. The van der Waals surface area contributed by atoms with E-state index in [1.165, 1.54) is 17.5 Å². The van der Waals surface area contributed by atoms with Crippen LogP contribution >= 0.6 is 0 Å². The Morgan fingerprint density at radius 3 is 2.50 bits per heavy atom. The summed E-state index contributed by atoms with van der Waals surface area (Å²) in [5.74, 6) is 1.11. The molecule has 0 unspecified atom stereocenters. The van der Waals surface area contributed by atoms with Crippen LogP contribution in [0.2, 0.25) is 0 Å². The first-order valence-corrected chi connectivity index (χ1v) is 7.27. The van der Waals surface area contributed by atoms with Gasteiger partial charge in [-0.25, -0.2) is 4.39 Å². The molecule has 0 saturated heterocycles. The lowest BCUT2D eigenvalue weighted by atomic mass is 10.1. The average Bonchev–Trinajstić information content (AvgIpc) is 3.27. The molecule has 0 heterocycles. The highest BCUT2D eigenvalue weighted by Crippen LogP contribution is 2.49. The molecule has 1 saturated carbocycles. The third-order valence-electron chi connectivity index (χ3n) is 4.25. The van der Waals surface area contributed by atoms with Gasteiger partial charge in [-0.3, -0.25) is 0 Å². The summed E-state index contributed by atoms with van der Waals surface area (Å²) in [6, 6.07) is 17.9. The number of rotatable bonds is 5. The molecule has 1 aliphatic rings. The smallest absolute Gasteiger partial charge is 0.123 e. The van der Waals surface area contributed by atoms with E-state index in [1.807, 2.05) is 18.2 Å². The highest BCUT2D eigenvalue weighted by Gasteiger charge is 2.41. The molecule has 0 amide bonds. The number of halogens is 1. The third kappa shape index (κ3) is 3.07. The molecule has 0 aliphatic heterocycles. The Morgan fingerprint density at radius 2 is 1.80 bits per heavy atom. The maximum absolute atomic E-state index is 12.9. The molecule has 1 N–H and O–H groups in total. The van der Waals surface area contributed by atoms with Gasteiger partial charge in [-0.1, -0.05) is 42.5 Å². The minimum absolute atomic E-state index is 0.152. The highest BCUT2D eigenvalue weighted by atomic mass is 19.1. The van der Waals surface area contributed by atoms with Gasteiger partial charge in [0, 0.05) is 12.6 Å². The van der Waals surface area contributed by atoms with Crippen molar-refractivity contribution < 1.29 is 4.39 Å². The fraction of sp³-hybridized carbons (Fsp3) is 0.333. The molecular weight excluding hydrogens is 249 g/mol. The van der Waals surface area contributed by atoms with E-state index in [1.54, 1.807) is 12.1 Å². The number of hydrogen-bond donors (Lipinski definition) is 1. The van der Waals surface area contributed by atoms with Crippen molar-refractivity contribution in [2.45, 2.75) is 31.8 Å². The lowest BCUT2D eigenvalue weighted by molar-refractivity contribution is 0.488. The largest absolute Gasteiger partial charge is 0.310 e. The summed E-state index contributed by atoms with van der Waals surface area (Å²) < 4.78 is 12.9. The standard InChI is InChI=1S/C18H20FN/c1-13(20-12-14-5-3-2-4-6-14)17-11-18(17)15-7-9-16(19)10-8-15/h2-10,13,17-18,20H,11-12H2,1H3/t13-,17-,18-/m0/s1. The topological polar surface area (TPSA) is 12.0 Å². The van der Waals surface area contributed by atoms with Crippen molar-refractivity contribution in [3.8, 4) is 0 Å². The molecule has 1 aliphatic carbocycles. The van der Waals surface area contributed by atoms with Crippen molar-refractivity contribution in [2.24, 2.45) is 5.92 Å². The Morgan fingerprint density at radius 1 is 1.10 bits per heavy atom. The van der Waals surface area contributed by atoms with E-state index in [0.29, 0.717) is 17.9 Å². The summed E-state index contributed by atoms with van der Waals surface area (Å²) in [5, 5.41) is 3.60. The second-order valence-electron chi connectivity index (χ2n) is 5.71. The molecule has 2 aromatic rings. The van der Waals surface area contributed by atoms with Crippen molar-refractivity contribution >= 4 is 0 Å². The minimum Gasteiger partial charge on any atom is -0.310 e. The van der Waals surface area contributed by atoms with E-state index in [-0.39, 0.29) is 5.82 Å². The molecule has 0 radical (unpaired) electrons.